The van der Waals surface area contributed by atoms with Crippen LogP contribution in [0.4, 0.5) is 4.79 Å². The fourth-order valence-electron chi connectivity index (χ4n) is 2.09. The molecule has 0 unspecified atom stereocenters. The van der Waals surface area contributed by atoms with E-state index in [-0.39, 0.29) is 11.9 Å². The highest BCUT2D eigenvalue weighted by atomic mass is 35.5. The maximum atomic E-state index is 12.3. The highest BCUT2D eigenvalue weighted by Crippen LogP contribution is 2.17. The molecule has 0 bridgehead atoms. The van der Waals surface area contributed by atoms with Gasteiger partial charge in [0.1, 0.15) is 0 Å². The van der Waals surface area contributed by atoms with Gasteiger partial charge in [-0.05, 0) is 6.07 Å². The van der Waals surface area contributed by atoms with Crippen molar-refractivity contribution in [2.75, 3.05) is 40.3 Å². The summed E-state index contributed by atoms with van der Waals surface area (Å²) in [6.45, 7) is 2.06. The van der Waals surface area contributed by atoms with Crippen molar-refractivity contribution in [1.82, 2.24) is 19.7 Å². The van der Waals surface area contributed by atoms with Gasteiger partial charge in [-0.3, -0.25) is 9.78 Å². The molecular weight excluding hydrogens is 280 g/mol. The highest BCUT2D eigenvalue weighted by molar-refractivity contribution is 6.33. The van der Waals surface area contributed by atoms with Crippen LogP contribution in [-0.2, 0) is 0 Å². The van der Waals surface area contributed by atoms with Crippen LogP contribution in [-0.4, -0.2) is 71.9 Å². The van der Waals surface area contributed by atoms with Gasteiger partial charge < -0.3 is 14.7 Å². The van der Waals surface area contributed by atoms with Crippen LogP contribution < -0.4 is 0 Å². The van der Waals surface area contributed by atoms with Crippen molar-refractivity contribution in [1.29, 1.82) is 0 Å². The molecule has 0 atom stereocenters. The summed E-state index contributed by atoms with van der Waals surface area (Å²) < 4.78 is 0. The fourth-order valence-corrected chi connectivity index (χ4v) is 2.27. The molecule has 1 aromatic heterocycles. The Morgan fingerprint density at radius 1 is 1.20 bits per heavy atom. The standard InChI is InChI=1S/C13H17ClN4O2/c1-16(2)13(20)18-7-5-17(6-8-18)12(19)10-9-15-4-3-11(10)14/h3-4,9H,5-8H2,1-2H3. The molecule has 0 spiro atoms. The van der Waals surface area contributed by atoms with Gasteiger partial charge in [0.2, 0.25) is 0 Å². The number of carbonyl (C=O) groups is 2. The first kappa shape index (κ1) is 14.6. The van der Waals surface area contributed by atoms with E-state index < -0.39 is 0 Å². The first-order valence-corrected chi connectivity index (χ1v) is 6.73. The molecule has 0 aromatic carbocycles. The lowest BCUT2D eigenvalue weighted by Gasteiger charge is -2.36. The van der Waals surface area contributed by atoms with Gasteiger partial charge in [0.25, 0.3) is 5.91 Å². The van der Waals surface area contributed by atoms with Gasteiger partial charge >= 0.3 is 6.03 Å². The molecule has 0 radical (unpaired) electrons. The molecule has 1 aliphatic heterocycles. The number of carbonyl (C=O) groups excluding carboxylic acids is 2. The molecule has 108 valence electrons. The van der Waals surface area contributed by atoms with Crippen LogP contribution in [0, 0.1) is 0 Å². The smallest absolute Gasteiger partial charge is 0.319 e. The Morgan fingerprint density at radius 3 is 2.35 bits per heavy atom. The largest absolute Gasteiger partial charge is 0.335 e. The second-order valence-electron chi connectivity index (χ2n) is 4.81. The van der Waals surface area contributed by atoms with Crippen molar-refractivity contribution in [3.63, 3.8) is 0 Å². The Morgan fingerprint density at radius 2 is 1.80 bits per heavy atom. The summed E-state index contributed by atoms with van der Waals surface area (Å²) in [5.41, 5.74) is 0.404. The Kier molecular flexibility index (Phi) is 4.44. The quantitative estimate of drug-likeness (QED) is 0.782. The Hall–Kier alpha value is -1.82. The van der Waals surface area contributed by atoms with E-state index in [1.807, 2.05) is 0 Å². The van der Waals surface area contributed by atoms with Crippen molar-refractivity contribution in [2.45, 2.75) is 0 Å². The molecule has 1 fully saturated rings. The van der Waals surface area contributed by atoms with Crippen LogP contribution in [0.25, 0.3) is 0 Å². The number of urea groups is 1. The summed E-state index contributed by atoms with van der Waals surface area (Å²) in [6, 6.07) is 1.57. The van der Waals surface area contributed by atoms with Gasteiger partial charge in [0.05, 0.1) is 10.6 Å². The van der Waals surface area contributed by atoms with Gasteiger partial charge in [-0.15, -0.1) is 0 Å². The van der Waals surface area contributed by atoms with Gasteiger partial charge in [-0.2, -0.15) is 0 Å². The van der Waals surface area contributed by atoms with Crippen molar-refractivity contribution in [3.8, 4) is 0 Å². The predicted molar refractivity (Wildman–Crippen MR) is 75.8 cm³/mol. The average Bonchev–Trinajstić information content (AvgIpc) is 2.46. The molecule has 20 heavy (non-hydrogen) atoms. The van der Waals surface area contributed by atoms with E-state index in [0.29, 0.717) is 36.8 Å². The maximum Gasteiger partial charge on any atom is 0.319 e. The van der Waals surface area contributed by atoms with E-state index in [1.54, 1.807) is 36.2 Å². The molecule has 0 saturated carbocycles. The number of aromatic nitrogens is 1. The lowest BCUT2D eigenvalue weighted by atomic mass is 10.2. The van der Waals surface area contributed by atoms with Gasteiger partial charge in [-0.25, -0.2) is 4.79 Å². The average molecular weight is 297 g/mol. The van der Waals surface area contributed by atoms with Crippen LogP contribution in [0.1, 0.15) is 10.4 Å². The third kappa shape index (κ3) is 3.01. The minimum Gasteiger partial charge on any atom is -0.335 e. The molecule has 1 aliphatic rings. The van der Waals surface area contributed by atoms with E-state index in [0.717, 1.165) is 0 Å². The number of rotatable bonds is 1. The van der Waals surface area contributed by atoms with E-state index in [9.17, 15) is 9.59 Å². The Balaban J connectivity index is 1.99. The van der Waals surface area contributed by atoms with E-state index >= 15 is 0 Å². The summed E-state index contributed by atoms with van der Waals surface area (Å²) >= 11 is 6.00. The minimum absolute atomic E-state index is 0.0310. The summed E-state index contributed by atoms with van der Waals surface area (Å²) in [6.07, 6.45) is 3.02. The summed E-state index contributed by atoms with van der Waals surface area (Å²) in [5.74, 6) is -0.139. The monoisotopic (exact) mass is 296 g/mol. The molecule has 1 aromatic rings. The third-order valence-corrected chi connectivity index (χ3v) is 3.55. The maximum absolute atomic E-state index is 12.3. The zero-order chi connectivity index (χ0) is 14.7. The number of hydrogen-bond acceptors (Lipinski definition) is 3. The van der Waals surface area contributed by atoms with Gasteiger partial charge in [-0.1, -0.05) is 11.6 Å². The molecule has 2 heterocycles. The zero-order valence-corrected chi connectivity index (χ0v) is 12.3. The summed E-state index contributed by atoms with van der Waals surface area (Å²) in [4.78, 5) is 33.0. The Bertz CT molecular complexity index is 513. The summed E-state index contributed by atoms with van der Waals surface area (Å²) in [5, 5.41) is 0.400. The van der Waals surface area contributed by atoms with Crippen molar-refractivity contribution < 1.29 is 9.59 Å². The zero-order valence-electron chi connectivity index (χ0n) is 11.5. The van der Waals surface area contributed by atoms with E-state index in [1.165, 1.54) is 11.1 Å². The molecule has 6 nitrogen and oxygen atoms in total. The highest BCUT2D eigenvalue weighted by Gasteiger charge is 2.26. The van der Waals surface area contributed by atoms with E-state index in [4.69, 9.17) is 11.6 Å². The number of halogens is 1. The third-order valence-electron chi connectivity index (χ3n) is 3.22. The minimum atomic E-state index is -0.139. The number of amides is 3. The van der Waals surface area contributed by atoms with Gasteiger partial charge in [0.15, 0.2) is 0 Å². The summed E-state index contributed by atoms with van der Waals surface area (Å²) in [7, 11) is 3.44. The van der Waals surface area contributed by atoms with E-state index in [2.05, 4.69) is 4.98 Å². The lowest BCUT2D eigenvalue weighted by molar-refractivity contribution is 0.0650. The first-order chi connectivity index (χ1) is 9.50. The normalized spacial score (nSPS) is 15.2. The first-order valence-electron chi connectivity index (χ1n) is 6.35. The van der Waals surface area contributed by atoms with Gasteiger partial charge in [0, 0.05) is 52.7 Å². The molecule has 1 saturated heterocycles. The SMILES string of the molecule is CN(C)C(=O)N1CCN(C(=O)c2cnccc2Cl)CC1. The molecular formula is C13H17ClN4O2. The van der Waals surface area contributed by atoms with Crippen LogP contribution in [0.15, 0.2) is 18.5 Å². The predicted octanol–water partition coefficient (Wildman–Crippen LogP) is 1.17. The van der Waals surface area contributed by atoms with Crippen LogP contribution >= 0.6 is 11.6 Å². The molecule has 3 amide bonds. The molecule has 7 heteroatoms. The topological polar surface area (TPSA) is 56.8 Å². The van der Waals surface area contributed by atoms with Crippen LogP contribution in [0.3, 0.4) is 0 Å². The molecule has 0 N–H and O–H groups in total. The number of nitrogens with zero attached hydrogens (tertiary/aromatic N) is 4. The second kappa shape index (κ2) is 6.09. The van der Waals surface area contributed by atoms with Crippen molar-refractivity contribution >= 4 is 23.5 Å². The number of piperazine rings is 1. The van der Waals surface area contributed by atoms with Crippen molar-refractivity contribution in [3.05, 3.63) is 29.0 Å². The number of pyridine rings is 1. The molecule has 2 rings (SSSR count). The number of hydrogen-bond donors (Lipinski definition) is 0. The Labute approximate surface area is 122 Å². The lowest BCUT2D eigenvalue weighted by Crippen LogP contribution is -2.52. The van der Waals surface area contributed by atoms with Crippen LogP contribution in [0.5, 0.6) is 0 Å². The van der Waals surface area contributed by atoms with Crippen LogP contribution in [0.2, 0.25) is 5.02 Å². The second-order valence-corrected chi connectivity index (χ2v) is 5.22. The fraction of sp³-hybridized carbons (Fsp3) is 0.462. The molecule has 0 aliphatic carbocycles. The van der Waals surface area contributed by atoms with Crippen molar-refractivity contribution in [2.24, 2.45) is 0 Å².